The zero-order valence-corrected chi connectivity index (χ0v) is 16.1. The minimum atomic E-state index is -4.52. The van der Waals surface area contributed by atoms with Gasteiger partial charge in [-0.2, -0.15) is 13.2 Å². The maximum atomic E-state index is 12.9. The molecule has 0 bridgehead atoms. The van der Waals surface area contributed by atoms with Crippen LogP contribution < -0.4 is 15.4 Å². The molecule has 0 aliphatic carbocycles. The van der Waals surface area contributed by atoms with Crippen molar-refractivity contribution in [3.63, 3.8) is 0 Å². The Kier molecular flexibility index (Phi) is 6.39. The van der Waals surface area contributed by atoms with Crippen LogP contribution in [0.2, 0.25) is 0 Å². The maximum Gasteiger partial charge on any atom is 0.482 e. The predicted molar refractivity (Wildman–Crippen MR) is 108 cm³/mol. The Bertz CT molecular complexity index is 946. The number of pyridine rings is 1. The van der Waals surface area contributed by atoms with Crippen molar-refractivity contribution >= 4 is 5.69 Å². The van der Waals surface area contributed by atoms with E-state index >= 15 is 0 Å². The number of ether oxygens (including phenoxy) is 1. The molecule has 3 rings (SSSR count). The summed E-state index contributed by atoms with van der Waals surface area (Å²) in [6.07, 6.45) is -1.38. The molecule has 0 amide bonds. The van der Waals surface area contributed by atoms with Gasteiger partial charge in [-0.25, -0.2) is 0 Å². The Morgan fingerprint density at radius 2 is 1.90 bits per heavy atom. The van der Waals surface area contributed by atoms with Gasteiger partial charge in [0.25, 0.3) is 0 Å². The molecule has 0 aliphatic rings. The Labute approximate surface area is 167 Å². The fourth-order valence-electron chi connectivity index (χ4n) is 3.02. The van der Waals surface area contributed by atoms with Gasteiger partial charge in [0.15, 0.2) is 0 Å². The van der Waals surface area contributed by atoms with E-state index in [1.165, 1.54) is 6.07 Å². The first-order valence-electron chi connectivity index (χ1n) is 9.11. The normalized spacial score (nSPS) is 12.4. The molecule has 1 atom stereocenters. The van der Waals surface area contributed by atoms with E-state index in [9.17, 15) is 13.2 Å². The number of halogens is 3. The van der Waals surface area contributed by atoms with E-state index in [0.29, 0.717) is 17.7 Å². The average Bonchev–Trinajstić information content (AvgIpc) is 2.72. The molecule has 2 N–H and O–H groups in total. The van der Waals surface area contributed by atoms with Gasteiger partial charge in [-0.05, 0) is 48.4 Å². The van der Waals surface area contributed by atoms with Crippen molar-refractivity contribution in [2.45, 2.75) is 25.8 Å². The highest BCUT2D eigenvalue weighted by atomic mass is 19.4. The van der Waals surface area contributed by atoms with Gasteiger partial charge in [-0.3, -0.25) is 10.3 Å². The summed E-state index contributed by atoms with van der Waals surface area (Å²) < 4.78 is 43.9. The molecule has 152 valence electrons. The molecule has 2 aromatic carbocycles. The van der Waals surface area contributed by atoms with E-state index in [1.54, 1.807) is 49.1 Å². The first-order valence-corrected chi connectivity index (χ1v) is 9.11. The Morgan fingerprint density at radius 1 is 1.07 bits per heavy atom. The molecule has 3 aromatic rings. The van der Waals surface area contributed by atoms with Crippen LogP contribution in [0.5, 0.6) is 5.75 Å². The van der Waals surface area contributed by atoms with Gasteiger partial charge in [0, 0.05) is 41.8 Å². The van der Waals surface area contributed by atoms with Crippen molar-refractivity contribution < 1.29 is 17.9 Å². The van der Waals surface area contributed by atoms with E-state index in [1.807, 2.05) is 31.2 Å². The third kappa shape index (κ3) is 5.71. The SMILES string of the molecule is COc1cccc([C@@H](C)NCc2ccc(NC(F)(F)F)c(-c3cccnc3)c2)c1. The van der Waals surface area contributed by atoms with Gasteiger partial charge in [0.2, 0.25) is 0 Å². The van der Waals surface area contributed by atoms with E-state index in [0.717, 1.165) is 16.9 Å². The van der Waals surface area contributed by atoms with Crippen molar-refractivity contribution in [3.8, 4) is 16.9 Å². The molecule has 1 heterocycles. The van der Waals surface area contributed by atoms with Gasteiger partial charge >= 0.3 is 6.30 Å². The standard InChI is InChI=1S/C22H22F3N3O/c1-15(17-5-3-7-19(12-17)29-2)27-13-16-8-9-21(28-22(23,24)25)20(11-16)18-6-4-10-26-14-18/h3-12,14-15,27-28H,13H2,1-2H3/t15-/m1/s1. The molecule has 7 heteroatoms. The number of rotatable bonds is 7. The van der Waals surface area contributed by atoms with Crippen LogP contribution in [0.1, 0.15) is 24.1 Å². The number of anilines is 1. The molecule has 4 nitrogen and oxygen atoms in total. The average molecular weight is 401 g/mol. The van der Waals surface area contributed by atoms with E-state index in [-0.39, 0.29) is 11.7 Å². The molecule has 0 spiro atoms. The summed E-state index contributed by atoms with van der Waals surface area (Å²) in [5, 5.41) is 5.02. The van der Waals surface area contributed by atoms with E-state index < -0.39 is 6.30 Å². The summed E-state index contributed by atoms with van der Waals surface area (Å²) in [7, 11) is 1.62. The number of nitrogens with zero attached hydrogens (tertiary/aromatic N) is 1. The summed E-state index contributed by atoms with van der Waals surface area (Å²) in [6.45, 7) is 2.52. The second kappa shape index (κ2) is 8.96. The smallest absolute Gasteiger partial charge is 0.482 e. The number of methoxy groups -OCH3 is 1. The van der Waals surface area contributed by atoms with Crippen molar-refractivity contribution in [3.05, 3.63) is 78.1 Å². The second-order valence-corrected chi connectivity index (χ2v) is 6.62. The van der Waals surface area contributed by atoms with Crippen molar-refractivity contribution in [2.75, 3.05) is 12.4 Å². The molecule has 1 aromatic heterocycles. The minimum absolute atomic E-state index is 0.00454. The predicted octanol–water partition coefficient (Wildman–Crippen LogP) is 5.54. The number of nitrogens with one attached hydrogen (secondary N) is 2. The van der Waals surface area contributed by atoms with Crippen LogP contribution in [0.4, 0.5) is 18.9 Å². The van der Waals surface area contributed by atoms with Gasteiger partial charge in [0.1, 0.15) is 5.75 Å². The third-order valence-electron chi connectivity index (χ3n) is 4.54. The van der Waals surface area contributed by atoms with Gasteiger partial charge in [-0.15, -0.1) is 0 Å². The Morgan fingerprint density at radius 3 is 2.59 bits per heavy atom. The monoisotopic (exact) mass is 401 g/mol. The van der Waals surface area contributed by atoms with Crippen LogP contribution in [0, 0.1) is 0 Å². The molecule has 0 aliphatic heterocycles. The molecular formula is C22H22F3N3O. The maximum absolute atomic E-state index is 12.9. The molecule has 0 saturated carbocycles. The van der Waals surface area contributed by atoms with E-state index in [2.05, 4.69) is 10.3 Å². The Balaban J connectivity index is 1.81. The molecule has 0 unspecified atom stereocenters. The molecule has 0 fully saturated rings. The number of alkyl halides is 3. The molecule has 0 radical (unpaired) electrons. The summed E-state index contributed by atoms with van der Waals surface area (Å²) in [5.41, 5.74) is 2.99. The van der Waals surface area contributed by atoms with Crippen LogP contribution >= 0.6 is 0 Å². The van der Waals surface area contributed by atoms with Crippen LogP contribution in [-0.2, 0) is 6.54 Å². The lowest BCUT2D eigenvalue weighted by atomic mass is 10.0. The van der Waals surface area contributed by atoms with Crippen LogP contribution in [0.3, 0.4) is 0 Å². The highest BCUT2D eigenvalue weighted by Gasteiger charge is 2.28. The summed E-state index contributed by atoms with van der Waals surface area (Å²) in [4.78, 5) is 4.02. The lowest BCUT2D eigenvalue weighted by molar-refractivity contribution is -0.0999. The van der Waals surface area contributed by atoms with E-state index in [4.69, 9.17) is 4.74 Å². The topological polar surface area (TPSA) is 46.2 Å². The van der Waals surface area contributed by atoms with Gasteiger partial charge in [-0.1, -0.05) is 24.3 Å². The fourth-order valence-corrected chi connectivity index (χ4v) is 3.02. The number of hydrogen-bond donors (Lipinski definition) is 2. The first-order chi connectivity index (χ1) is 13.9. The zero-order chi connectivity index (χ0) is 20.9. The highest BCUT2D eigenvalue weighted by Crippen LogP contribution is 2.32. The molecule has 29 heavy (non-hydrogen) atoms. The highest BCUT2D eigenvalue weighted by molar-refractivity contribution is 5.78. The fraction of sp³-hybridized carbons (Fsp3) is 0.227. The van der Waals surface area contributed by atoms with Crippen molar-refractivity contribution in [1.82, 2.24) is 10.3 Å². The number of aromatic nitrogens is 1. The summed E-state index contributed by atoms with van der Waals surface area (Å²) in [6, 6.07) is 16.1. The lowest BCUT2D eigenvalue weighted by Crippen LogP contribution is -2.21. The molecular weight excluding hydrogens is 379 g/mol. The zero-order valence-electron chi connectivity index (χ0n) is 16.1. The largest absolute Gasteiger partial charge is 0.497 e. The van der Waals surface area contributed by atoms with Crippen molar-refractivity contribution in [2.24, 2.45) is 0 Å². The summed E-state index contributed by atoms with van der Waals surface area (Å²) in [5.74, 6) is 0.776. The van der Waals surface area contributed by atoms with Crippen LogP contribution in [0.25, 0.3) is 11.1 Å². The molecule has 0 saturated heterocycles. The second-order valence-electron chi connectivity index (χ2n) is 6.62. The first kappa shape index (κ1) is 20.7. The van der Waals surface area contributed by atoms with Crippen molar-refractivity contribution in [1.29, 1.82) is 0 Å². The van der Waals surface area contributed by atoms with Gasteiger partial charge < -0.3 is 10.1 Å². The minimum Gasteiger partial charge on any atom is -0.497 e. The van der Waals surface area contributed by atoms with Crippen LogP contribution in [-0.4, -0.2) is 18.4 Å². The Hall–Kier alpha value is -3.06. The van der Waals surface area contributed by atoms with Crippen LogP contribution in [0.15, 0.2) is 67.0 Å². The van der Waals surface area contributed by atoms with Gasteiger partial charge in [0.05, 0.1) is 7.11 Å². The summed E-state index contributed by atoms with van der Waals surface area (Å²) >= 11 is 0. The number of benzene rings is 2. The quantitative estimate of drug-likeness (QED) is 0.511. The number of hydrogen-bond acceptors (Lipinski definition) is 4. The third-order valence-corrected chi connectivity index (χ3v) is 4.54. The lowest BCUT2D eigenvalue weighted by Gasteiger charge is -2.18.